The van der Waals surface area contributed by atoms with Gasteiger partial charge < -0.3 is 15.4 Å². The molecule has 0 aliphatic carbocycles. The van der Waals surface area contributed by atoms with Gasteiger partial charge in [-0.25, -0.2) is 9.78 Å². The van der Waals surface area contributed by atoms with Crippen LogP contribution in [-0.4, -0.2) is 52.7 Å². The Morgan fingerprint density at radius 1 is 1.29 bits per heavy atom. The van der Waals surface area contributed by atoms with Gasteiger partial charge in [-0.1, -0.05) is 6.07 Å². The third kappa shape index (κ3) is 3.98. The molecule has 2 aliphatic rings. The molecule has 132 valence electrons. The molecule has 6 nitrogen and oxygen atoms in total. The first-order valence-electron chi connectivity index (χ1n) is 8.65. The first kappa shape index (κ1) is 17.0. The summed E-state index contributed by atoms with van der Waals surface area (Å²) in [5.74, 6) is 0.563. The molecule has 1 aromatic heterocycles. The van der Waals surface area contributed by atoms with Crippen LogP contribution in [0.4, 0.5) is 10.6 Å². The molecule has 0 radical (unpaired) electrons. The van der Waals surface area contributed by atoms with Gasteiger partial charge in [0.05, 0.1) is 0 Å². The van der Waals surface area contributed by atoms with Crippen molar-refractivity contribution in [1.29, 1.82) is 0 Å². The van der Waals surface area contributed by atoms with Crippen LogP contribution in [0.25, 0.3) is 0 Å². The number of hydrogen-bond donors (Lipinski definition) is 1. The summed E-state index contributed by atoms with van der Waals surface area (Å²) >= 11 is 0. The third-order valence-electron chi connectivity index (χ3n) is 4.85. The molecule has 1 aromatic rings. The molecular formula is C18H28N4O2. The molecule has 0 saturated carbocycles. The fourth-order valence-corrected chi connectivity index (χ4v) is 3.61. The fraction of sp³-hybridized carbons (Fsp3) is 0.667. The first-order valence-corrected chi connectivity index (χ1v) is 8.65. The number of nitrogens with two attached hydrogens (primary N) is 1. The lowest BCUT2D eigenvalue weighted by atomic mass is 9.72. The van der Waals surface area contributed by atoms with Gasteiger partial charge >= 0.3 is 6.09 Å². The molecule has 0 atom stereocenters. The van der Waals surface area contributed by atoms with E-state index in [9.17, 15) is 4.79 Å². The highest BCUT2D eigenvalue weighted by molar-refractivity contribution is 5.68. The summed E-state index contributed by atoms with van der Waals surface area (Å²) in [4.78, 5) is 20.6. The van der Waals surface area contributed by atoms with E-state index in [0.717, 1.165) is 45.6 Å². The maximum Gasteiger partial charge on any atom is 0.410 e. The van der Waals surface area contributed by atoms with Crippen LogP contribution in [-0.2, 0) is 11.3 Å². The maximum absolute atomic E-state index is 12.1. The number of hydrogen-bond acceptors (Lipinski definition) is 5. The van der Waals surface area contributed by atoms with Gasteiger partial charge in [0.2, 0.25) is 0 Å². The molecule has 0 aromatic carbocycles. The van der Waals surface area contributed by atoms with Gasteiger partial charge in [0.25, 0.3) is 0 Å². The zero-order valence-corrected chi connectivity index (χ0v) is 14.9. The Bertz CT molecular complexity index is 578. The van der Waals surface area contributed by atoms with Gasteiger partial charge in [0.15, 0.2) is 0 Å². The number of likely N-dealkylation sites (tertiary alicyclic amines) is 2. The van der Waals surface area contributed by atoms with Crippen molar-refractivity contribution < 1.29 is 9.53 Å². The topological polar surface area (TPSA) is 71.7 Å². The minimum absolute atomic E-state index is 0.179. The summed E-state index contributed by atoms with van der Waals surface area (Å²) in [7, 11) is 0. The summed E-state index contributed by atoms with van der Waals surface area (Å²) in [6, 6.07) is 3.89. The van der Waals surface area contributed by atoms with E-state index in [1.165, 1.54) is 5.56 Å². The van der Waals surface area contributed by atoms with Crippen LogP contribution >= 0.6 is 0 Å². The van der Waals surface area contributed by atoms with Gasteiger partial charge in [0, 0.05) is 38.9 Å². The molecule has 24 heavy (non-hydrogen) atoms. The molecule has 0 unspecified atom stereocenters. The SMILES string of the molecule is CC(C)(C)OC(=O)N1CCC2(CC1)CN(Cc1ccc(N)nc1)C2. The van der Waals surface area contributed by atoms with E-state index >= 15 is 0 Å². The largest absolute Gasteiger partial charge is 0.444 e. The molecule has 1 amide bonds. The average molecular weight is 332 g/mol. The van der Waals surface area contributed by atoms with E-state index in [1.54, 1.807) is 0 Å². The number of rotatable bonds is 2. The van der Waals surface area contributed by atoms with Crippen LogP contribution in [0.15, 0.2) is 18.3 Å². The molecule has 2 N–H and O–H groups in total. The number of carbonyl (C=O) groups excluding carboxylic acids is 1. The van der Waals surface area contributed by atoms with Crippen molar-refractivity contribution >= 4 is 11.9 Å². The smallest absolute Gasteiger partial charge is 0.410 e. The normalized spacial score (nSPS) is 20.7. The van der Waals surface area contributed by atoms with Crippen molar-refractivity contribution in [3.8, 4) is 0 Å². The van der Waals surface area contributed by atoms with Crippen molar-refractivity contribution in [2.75, 3.05) is 31.9 Å². The summed E-state index contributed by atoms with van der Waals surface area (Å²) < 4.78 is 5.47. The third-order valence-corrected chi connectivity index (χ3v) is 4.85. The molecule has 3 heterocycles. The van der Waals surface area contributed by atoms with E-state index in [1.807, 2.05) is 44.0 Å². The van der Waals surface area contributed by atoms with Crippen LogP contribution in [0.1, 0.15) is 39.2 Å². The Morgan fingerprint density at radius 2 is 1.96 bits per heavy atom. The number of nitrogen functional groups attached to an aromatic ring is 1. The highest BCUT2D eigenvalue weighted by Crippen LogP contribution is 2.41. The first-order chi connectivity index (χ1) is 11.2. The number of carbonyl (C=O) groups is 1. The molecule has 3 rings (SSSR count). The number of piperidine rings is 1. The lowest BCUT2D eigenvalue weighted by Gasteiger charge is -2.54. The summed E-state index contributed by atoms with van der Waals surface area (Å²) in [6.07, 6.45) is 3.79. The Balaban J connectivity index is 1.45. The predicted molar refractivity (Wildman–Crippen MR) is 93.4 cm³/mol. The quantitative estimate of drug-likeness (QED) is 0.901. The monoisotopic (exact) mass is 332 g/mol. The Morgan fingerprint density at radius 3 is 2.50 bits per heavy atom. The second-order valence-corrected chi connectivity index (χ2v) is 8.20. The van der Waals surface area contributed by atoms with Crippen LogP contribution in [0.3, 0.4) is 0 Å². The summed E-state index contributed by atoms with van der Waals surface area (Å²) in [5, 5.41) is 0. The minimum Gasteiger partial charge on any atom is -0.444 e. The Kier molecular flexibility index (Phi) is 4.42. The molecular weight excluding hydrogens is 304 g/mol. The number of aromatic nitrogens is 1. The summed E-state index contributed by atoms with van der Waals surface area (Å²) in [5.41, 5.74) is 6.77. The van der Waals surface area contributed by atoms with E-state index < -0.39 is 5.60 Å². The maximum atomic E-state index is 12.1. The van der Waals surface area contributed by atoms with Gasteiger partial charge in [-0.2, -0.15) is 0 Å². The van der Waals surface area contributed by atoms with E-state index in [0.29, 0.717) is 11.2 Å². The van der Waals surface area contributed by atoms with Gasteiger partial charge in [-0.3, -0.25) is 4.90 Å². The zero-order valence-electron chi connectivity index (χ0n) is 14.9. The Hall–Kier alpha value is -1.82. The molecule has 2 saturated heterocycles. The Labute approximate surface area is 144 Å². The fourth-order valence-electron chi connectivity index (χ4n) is 3.61. The zero-order chi connectivity index (χ0) is 17.4. The van der Waals surface area contributed by atoms with Crippen molar-refractivity contribution in [2.24, 2.45) is 5.41 Å². The molecule has 6 heteroatoms. The van der Waals surface area contributed by atoms with Crippen LogP contribution in [0.2, 0.25) is 0 Å². The second kappa shape index (κ2) is 6.24. The molecule has 0 bridgehead atoms. The molecule has 1 spiro atoms. The van der Waals surface area contributed by atoms with Crippen LogP contribution in [0.5, 0.6) is 0 Å². The number of ether oxygens (including phenoxy) is 1. The highest BCUT2D eigenvalue weighted by Gasteiger charge is 2.45. The average Bonchev–Trinajstić information content (AvgIpc) is 2.47. The van der Waals surface area contributed by atoms with Crippen molar-refractivity contribution in [2.45, 2.75) is 45.8 Å². The van der Waals surface area contributed by atoms with Gasteiger partial charge in [-0.05, 0) is 50.7 Å². The number of nitrogens with zero attached hydrogens (tertiary/aromatic N) is 3. The van der Waals surface area contributed by atoms with Crippen LogP contribution in [0, 0.1) is 5.41 Å². The van der Waals surface area contributed by atoms with E-state index in [2.05, 4.69) is 9.88 Å². The standard InChI is InChI=1S/C18H28N4O2/c1-17(2,3)24-16(23)22-8-6-18(7-9-22)12-21(13-18)11-14-4-5-15(19)20-10-14/h4-5,10H,6-9,11-13H2,1-3H3,(H2,19,20). The second-order valence-electron chi connectivity index (χ2n) is 8.20. The van der Waals surface area contributed by atoms with Crippen molar-refractivity contribution in [3.05, 3.63) is 23.9 Å². The minimum atomic E-state index is -0.424. The number of amides is 1. The molecule has 2 fully saturated rings. The van der Waals surface area contributed by atoms with Gasteiger partial charge in [-0.15, -0.1) is 0 Å². The number of pyridine rings is 1. The van der Waals surface area contributed by atoms with Crippen molar-refractivity contribution in [1.82, 2.24) is 14.8 Å². The van der Waals surface area contributed by atoms with Crippen LogP contribution < -0.4 is 5.73 Å². The lowest BCUT2D eigenvalue weighted by molar-refractivity contribution is -0.0551. The lowest BCUT2D eigenvalue weighted by Crippen LogP contribution is -2.60. The van der Waals surface area contributed by atoms with E-state index in [-0.39, 0.29) is 6.09 Å². The number of anilines is 1. The predicted octanol–water partition coefficient (Wildman–Crippen LogP) is 2.50. The van der Waals surface area contributed by atoms with E-state index in [4.69, 9.17) is 10.5 Å². The highest BCUT2D eigenvalue weighted by atomic mass is 16.6. The molecule has 2 aliphatic heterocycles. The summed E-state index contributed by atoms with van der Waals surface area (Å²) in [6.45, 7) is 10.4. The van der Waals surface area contributed by atoms with Crippen molar-refractivity contribution in [3.63, 3.8) is 0 Å². The van der Waals surface area contributed by atoms with Gasteiger partial charge in [0.1, 0.15) is 11.4 Å².